The molecule has 3 aromatic rings. The van der Waals surface area contributed by atoms with Gasteiger partial charge in [0.05, 0.1) is 0 Å². The van der Waals surface area contributed by atoms with Gasteiger partial charge in [0.2, 0.25) is 6.41 Å². The van der Waals surface area contributed by atoms with E-state index in [1.807, 2.05) is 24.3 Å². The number of alkyl halides is 3. The summed E-state index contributed by atoms with van der Waals surface area (Å²) in [5.41, 5.74) is -1.04. The Morgan fingerprint density at radius 3 is 1.71 bits per heavy atom. The molecule has 3 rings (SSSR count). The number of amides is 1. The zero-order chi connectivity index (χ0) is 25.4. The van der Waals surface area contributed by atoms with Gasteiger partial charge in [0, 0.05) is 16.0 Å². The summed E-state index contributed by atoms with van der Waals surface area (Å²) < 4.78 is 64.1. The molecule has 3 N–H and O–H groups in total. The van der Waals surface area contributed by atoms with Crippen LogP contribution in [0.25, 0.3) is 0 Å². The maximum Gasteiger partial charge on any atom is 0.534 e. The number of hydrogen-bond donors (Lipinski definition) is 2. The monoisotopic (exact) mass is 534 g/mol. The fourth-order valence-electron chi connectivity index (χ4n) is 2.91. The predicted octanol–water partition coefficient (Wildman–Crippen LogP) is 5.20. The fraction of sp³-hybridized carbons (Fsp3) is 0.136. The van der Waals surface area contributed by atoms with E-state index < -0.39 is 21.4 Å². The summed E-state index contributed by atoms with van der Waals surface area (Å²) in [6, 6.07) is 20.0. The van der Waals surface area contributed by atoms with Gasteiger partial charge in [-0.3, -0.25) is 10.2 Å². The van der Waals surface area contributed by atoms with Crippen LogP contribution in [0.2, 0.25) is 10.0 Å². The van der Waals surface area contributed by atoms with Gasteiger partial charge >= 0.3 is 15.6 Å². The summed E-state index contributed by atoms with van der Waals surface area (Å²) in [4.78, 5) is 8.94. The van der Waals surface area contributed by atoms with Gasteiger partial charge in [0.1, 0.15) is 5.75 Å². The van der Waals surface area contributed by atoms with Gasteiger partial charge < -0.3 is 4.18 Å². The smallest absolute Gasteiger partial charge is 0.376 e. The first-order chi connectivity index (χ1) is 16.0. The minimum Gasteiger partial charge on any atom is -0.376 e. The predicted molar refractivity (Wildman–Crippen MR) is 124 cm³/mol. The van der Waals surface area contributed by atoms with Crippen LogP contribution >= 0.6 is 23.2 Å². The average molecular weight is 535 g/mol. The molecule has 3 aromatic carbocycles. The Labute approximate surface area is 204 Å². The Bertz CT molecular complexity index is 1170. The zero-order valence-electron chi connectivity index (χ0n) is 17.3. The van der Waals surface area contributed by atoms with Crippen LogP contribution in [0.4, 0.5) is 13.2 Å². The van der Waals surface area contributed by atoms with Crippen molar-refractivity contribution < 1.29 is 30.6 Å². The molecular weight excluding hydrogens is 516 g/mol. The minimum atomic E-state index is -5.72. The van der Waals surface area contributed by atoms with Gasteiger partial charge in [0.25, 0.3) is 0 Å². The summed E-state index contributed by atoms with van der Waals surface area (Å²) in [7, 11) is -5.72. The van der Waals surface area contributed by atoms with Crippen molar-refractivity contribution in [3.05, 3.63) is 99.5 Å². The molecule has 0 saturated carbocycles. The Hall–Kier alpha value is -2.79. The molecule has 0 radical (unpaired) electrons. The van der Waals surface area contributed by atoms with Gasteiger partial charge in [-0.2, -0.15) is 21.6 Å². The van der Waals surface area contributed by atoms with Crippen molar-refractivity contribution in [3.8, 4) is 5.75 Å². The molecular formula is C22H19Cl2F3N2O4S. The number of carbonyl (C=O) groups is 1. The normalized spacial score (nSPS) is 12.2. The van der Waals surface area contributed by atoms with Gasteiger partial charge in [-0.25, -0.2) is 5.84 Å². The molecule has 0 aromatic heterocycles. The van der Waals surface area contributed by atoms with E-state index in [1.165, 1.54) is 24.3 Å². The van der Waals surface area contributed by atoms with Crippen LogP contribution in [0.15, 0.2) is 72.8 Å². The quantitative estimate of drug-likeness (QED) is 0.108. The Morgan fingerprint density at radius 1 is 0.882 bits per heavy atom. The first-order valence-corrected chi connectivity index (χ1v) is 11.6. The van der Waals surface area contributed by atoms with Crippen molar-refractivity contribution in [3.63, 3.8) is 0 Å². The SMILES string of the molecule is NNC=O.O=S(=O)(Oc1ccc(C(Cc2ccc(Cl)cc2)c2ccc(Cl)cc2)cc1)C(F)(F)F. The first kappa shape index (κ1) is 27.5. The van der Waals surface area contributed by atoms with E-state index in [9.17, 15) is 21.6 Å². The second-order valence-corrected chi connectivity index (χ2v) is 9.18. The number of hydrazine groups is 1. The Balaban J connectivity index is 0.000000945. The number of halogens is 5. The van der Waals surface area contributed by atoms with Crippen molar-refractivity contribution in [1.29, 1.82) is 0 Å². The highest BCUT2D eigenvalue weighted by atomic mass is 35.5. The summed E-state index contributed by atoms with van der Waals surface area (Å²) in [5, 5.41) is 1.18. The average Bonchev–Trinajstić information content (AvgIpc) is 2.79. The van der Waals surface area contributed by atoms with Crippen LogP contribution in [0, 0.1) is 0 Å². The molecule has 0 aliphatic rings. The number of nitrogens with two attached hydrogens (primary N) is 1. The van der Waals surface area contributed by atoms with E-state index in [-0.39, 0.29) is 5.92 Å². The lowest BCUT2D eigenvalue weighted by Gasteiger charge is -2.19. The highest BCUT2D eigenvalue weighted by Gasteiger charge is 2.48. The third-order valence-corrected chi connectivity index (χ3v) is 5.95. The standard InChI is InChI=1S/C21H15Cl2F3O3S.CH4N2O/c22-17-7-1-14(2-8-17)13-20(15-3-9-18(23)10-4-15)16-5-11-19(12-6-16)29-30(27,28)21(24,25)26;2-3-1-4/h1-12,20H,13H2;1H,2H2,(H,3,4). The van der Waals surface area contributed by atoms with Crippen LogP contribution in [0.5, 0.6) is 5.75 Å². The van der Waals surface area contributed by atoms with Crippen LogP contribution in [0.1, 0.15) is 22.6 Å². The molecule has 1 unspecified atom stereocenters. The maximum atomic E-state index is 12.5. The summed E-state index contributed by atoms with van der Waals surface area (Å²) >= 11 is 11.9. The van der Waals surface area contributed by atoms with E-state index >= 15 is 0 Å². The zero-order valence-corrected chi connectivity index (χ0v) is 19.6. The number of rotatable bonds is 7. The van der Waals surface area contributed by atoms with Crippen molar-refractivity contribution in [2.24, 2.45) is 5.84 Å². The summed E-state index contributed by atoms with van der Waals surface area (Å²) in [6.45, 7) is 0. The number of carbonyl (C=O) groups excluding carboxylic acids is 1. The van der Waals surface area contributed by atoms with Gasteiger partial charge in [-0.15, -0.1) is 0 Å². The van der Waals surface area contributed by atoms with E-state index in [1.54, 1.807) is 29.7 Å². The molecule has 34 heavy (non-hydrogen) atoms. The van der Waals surface area contributed by atoms with Gasteiger partial charge in [0.15, 0.2) is 0 Å². The van der Waals surface area contributed by atoms with Crippen molar-refractivity contribution in [2.45, 2.75) is 17.8 Å². The molecule has 0 saturated heterocycles. The van der Waals surface area contributed by atoms with E-state index in [0.29, 0.717) is 22.9 Å². The molecule has 1 atom stereocenters. The van der Waals surface area contributed by atoms with Gasteiger partial charge in [-0.05, 0) is 59.5 Å². The molecule has 0 heterocycles. The van der Waals surface area contributed by atoms with E-state index in [2.05, 4.69) is 10.0 Å². The molecule has 0 aliphatic carbocycles. The largest absolute Gasteiger partial charge is 0.534 e. The van der Waals surface area contributed by atoms with Crippen LogP contribution in [-0.4, -0.2) is 20.3 Å². The van der Waals surface area contributed by atoms with Crippen LogP contribution in [-0.2, 0) is 21.3 Å². The van der Waals surface area contributed by atoms with Crippen molar-refractivity contribution in [2.75, 3.05) is 0 Å². The van der Waals surface area contributed by atoms with Crippen molar-refractivity contribution >= 4 is 39.7 Å². The number of hydrogen-bond acceptors (Lipinski definition) is 5. The molecule has 0 aliphatic heterocycles. The lowest BCUT2D eigenvalue weighted by atomic mass is 9.86. The second kappa shape index (κ2) is 12.1. The second-order valence-electron chi connectivity index (χ2n) is 6.77. The lowest BCUT2D eigenvalue weighted by molar-refractivity contribution is -0.109. The maximum absolute atomic E-state index is 12.5. The molecule has 0 fully saturated rings. The van der Waals surface area contributed by atoms with Crippen molar-refractivity contribution in [1.82, 2.24) is 5.43 Å². The molecule has 6 nitrogen and oxygen atoms in total. The van der Waals surface area contributed by atoms with E-state index in [4.69, 9.17) is 28.0 Å². The van der Waals surface area contributed by atoms with Crippen LogP contribution < -0.4 is 15.5 Å². The molecule has 0 spiro atoms. The highest BCUT2D eigenvalue weighted by Crippen LogP contribution is 2.32. The minimum absolute atomic E-state index is 0.156. The Kier molecular flexibility index (Phi) is 9.75. The number of nitrogens with one attached hydrogen (secondary N) is 1. The molecule has 1 amide bonds. The highest BCUT2D eigenvalue weighted by molar-refractivity contribution is 7.88. The fourth-order valence-corrected chi connectivity index (χ4v) is 3.62. The molecule has 182 valence electrons. The van der Waals surface area contributed by atoms with Gasteiger partial charge in [-0.1, -0.05) is 59.6 Å². The number of benzene rings is 3. The molecule has 0 bridgehead atoms. The first-order valence-electron chi connectivity index (χ1n) is 9.47. The third kappa shape index (κ3) is 7.91. The van der Waals surface area contributed by atoms with E-state index in [0.717, 1.165) is 16.7 Å². The Morgan fingerprint density at radius 2 is 1.29 bits per heavy atom. The van der Waals surface area contributed by atoms with Crippen LogP contribution in [0.3, 0.4) is 0 Å². The third-order valence-electron chi connectivity index (χ3n) is 4.47. The summed E-state index contributed by atoms with van der Waals surface area (Å²) in [5.74, 6) is 3.83. The topological polar surface area (TPSA) is 98.5 Å². The summed E-state index contributed by atoms with van der Waals surface area (Å²) in [6.07, 6.45) is 0.986. The lowest BCUT2D eigenvalue weighted by Crippen LogP contribution is -2.28. The molecule has 12 heteroatoms.